The largest absolute Gasteiger partial charge is 0.483 e. The summed E-state index contributed by atoms with van der Waals surface area (Å²) in [5.74, 6) is -1.89. The van der Waals surface area contributed by atoms with Crippen LogP contribution in [0.15, 0.2) is 72.8 Å². The fourth-order valence-electron chi connectivity index (χ4n) is 2.91. The molecule has 2 N–H and O–H groups in total. The van der Waals surface area contributed by atoms with Gasteiger partial charge in [0.25, 0.3) is 17.5 Å². The van der Waals surface area contributed by atoms with Crippen molar-refractivity contribution < 1.29 is 28.8 Å². The standard InChI is InChI=1S/C23H19N3O7/c1-32-23(29)17-11-16(12-18(13-17)26(30)31)22(28)25-24-21(27)14-33-20-10-6-5-9-19(20)15-7-3-2-4-8-15/h2-13H,14H2,1H3,(H,24,27)(H,25,28). The van der Waals surface area contributed by atoms with Crippen molar-refractivity contribution >= 4 is 23.5 Å². The Labute approximate surface area is 188 Å². The molecule has 3 rings (SSSR count). The van der Waals surface area contributed by atoms with Crippen molar-refractivity contribution in [2.75, 3.05) is 13.7 Å². The molecule has 0 aliphatic carbocycles. The zero-order valence-corrected chi connectivity index (χ0v) is 17.4. The summed E-state index contributed by atoms with van der Waals surface area (Å²) < 4.78 is 10.1. The molecule has 33 heavy (non-hydrogen) atoms. The van der Waals surface area contributed by atoms with Gasteiger partial charge < -0.3 is 9.47 Å². The third-order valence-electron chi connectivity index (χ3n) is 4.46. The number of hydrogen-bond donors (Lipinski definition) is 2. The van der Waals surface area contributed by atoms with Crippen LogP contribution in [-0.4, -0.2) is 36.4 Å². The molecular weight excluding hydrogens is 430 g/mol. The molecule has 0 atom stereocenters. The second kappa shape index (κ2) is 10.5. The number of carbonyl (C=O) groups is 3. The van der Waals surface area contributed by atoms with E-state index in [1.165, 1.54) is 0 Å². The van der Waals surface area contributed by atoms with E-state index in [0.717, 1.165) is 36.4 Å². The summed E-state index contributed by atoms with van der Waals surface area (Å²) in [6.45, 7) is -0.396. The molecule has 168 valence electrons. The zero-order chi connectivity index (χ0) is 23.8. The number of esters is 1. The third-order valence-corrected chi connectivity index (χ3v) is 4.46. The van der Waals surface area contributed by atoms with E-state index < -0.39 is 35.0 Å². The first-order chi connectivity index (χ1) is 15.9. The number of non-ortho nitro benzene ring substituents is 1. The van der Waals surface area contributed by atoms with Crippen molar-refractivity contribution in [1.82, 2.24) is 10.9 Å². The van der Waals surface area contributed by atoms with Gasteiger partial charge in [0.1, 0.15) is 5.75 Å². The van der Waals surface area contributed by atoms with Gasteiger partial charge in [-0.05, 0) is 17.7 Å². The molecular formula is C23H19N3O7. The number of ether oxygens (including phenoxy) is 2. The minimum Gasteiger partial charge on any atom is -0.483 e. The average Bonchev–Trinajstić information content (AvgIpc) is 2.85. The molecule has 2 amide bonds. The lowest BCUT2D eigenvalue weighted by molar-refractivity contribution is -0.384. The van der Waals surface area contributed by atoms with E-state index in [0.29, 0.717) is 5.75 Å². The summed E-state index contributed by atoms with van der Waals surface area (Å²) >= 11 is 0. The molecule has 0 spiro atoms. The predicted octanol–water partition coefficient (Wildman–Crippen LogP) is 2.89. The van der Waals surface area contributed by atoms with Gasteiger partial charge in [0.05, 0.1) is 17.6 Å². The molecule has 3 aromatic carbocycles. The van der Waals surface area contributed by atoms with Crippen LogP contribution in [0.4, 0.5) is 5.69 Å². The maximum atomic E-state index is 12.4. The molecule has 0 heterocycles. The molecule has 0 aromatic heterocycles. The van der Waals surface area contributed by atoms with Gasteiger partial charge in [-0.15, -0.1) is 0 Å². The number of nitro groups is 1. The fraction of sp³-hybridized carbons (Fsp3) is 0.0870. The first-order valence-corrected chi connectivity index (χ1v) is 9.63. The molecule has 0 radical (unpaired) electrons. The number of nitrogens with zero attached hydrogens (tertiary/aromatic N) is 1. The van der Waals surface area contributed by atoms with Gasteiger partial charge in [-0.25, -0.2) is 4.79 Å². The van der Waals surface area contributed by atoms with E-state index in [-0.39, 0.29) is 11.1 Å². The van der Waals surface area contributed by atoms with Gasteiger partial charge in [0.2, 0.25) is 0 Å². The normalized spacial score (nSPS) is 10.1. The third kappa shape index (κ3) is 5.91. The molecule has 0 fully saturated rings. The number of carbonyl (C=O) groups excluding carboxylic acids is 3. The molecule has 10 heteroatoms. The maximum absolute atomic E-state index is 12.4. The summed E-state index contributed by atoms with van der Waals surface area (Å²) in [6.07, 6.45) is 0. The van der Waals surface area contributed by atoms with Gasteiger partial charge in [-0.3, -0.25) is 30.6 Å². The van der Waals surface area contributed by atoms with Crippen molar-refractivity contribution in [3.63, 3.8) is 0 Å². The summed E-state index contributed by atoms with van der Waals surface area (Å²) in [7, 11) is 1.11. The molecule has 0 saturated carbocycles. The van der Waals surface area contributed by atoms with E-state index in [4.69, 9.17) is 4.74 Å². The molecule has 0 unspecified atom stereocenters. The molecule has 0 aliphatic heterocycles. The number of benzene rings is 3. The van der Waals surface area contributed by atoms with Crippen LogP contribution in [0.5, 0.6) is 5.75 Å². The number of amides is 2. The lowest BCUT2D eigenvalue weighted by Gasteiger charge is -2.12. The number of methoxy groups -OCH3 is 1. The highest BCUT2D eigenvalue weighted by molar-refractivity contribution is 5.99. The lowest BCUT2D eigenvalue weighted by atomic mass is 10.1. The Balaban J connectivity index is 1.63. The van der Waals surface area contributed by atoms with Gasteiger partial charge in [-0.1, -0.05) is 48.5 Å². The maximum Gasteiger partial charge on any atom is 0.338 e. The summed E-state index contributed by atoms with van der Waals surface area (Å²) in [4.78, 5) is 46.6. The SMILES string of the molecule is COC(=O)c1cc(C(=O)NNC(=O)COc2ccccc2-c2ccccc2)cc([N+](=O)[O-])c1. The van der Waals surface area contributed by atoms with Gasteiger partial charge >= 0.3 is 5.97 Å². The molecule has 0 aliphatic rings. The predicted molar refractivity (Wildman–Crippen MR) is 117 cm³/mol. The summed E-state index contributed by atoms with van der Waals surface area (Å²) in [6, 6.07) is 19.7. The fourth-order valence-corrected chi connectivity index (χ4v) is 2.91. The quantitative estimate of drug-likeness (QED) is 0.321. The van der Waals surface area contributed by atoms with Crippen LogP contribution in [-0.2, 0) is 9.53 Å². The van der Waals surface area contributed by atoms with Crippen LogP contribution in [0.1, 0.15) is 20.7 Å². The van der Waals surface area contributed by atoms with Crippen molar-refractivity contribution in [2.45, 2.75) is 0 Å². The zero-order valence-electron chi connectivity index (χ0n) is 17.4. The summed E-state index contributed by atoms with van der Waals surface area (Å²) in [5.41, 5.74) is 5.15. The number of rotatable bonds is 7. The van der Waals surface area contributed by atoms with Crippen molar-refractivity contribution in [3.05, 3.63) is 94.0 Å². The Morgan fingerprint density at radius 3 is 2.27 bits per heavy atom. The Morgan fingerprint density at radius 1 is 0.909 bits per heavy atom. The van der Waals surface area contributed by atoms with Gasteiger partial charge in [0, 0.05) is 23.3 Å². The molecule has 0 bridgehead atoms. The highest BCUT2D eigenvalue weighted by Gasteiger charge is 2.19. The first-order valence-electron chi connectivity index (χ1n) is 9.63. The van der Waals surface area contributed by atoms with Crippen molar-refractivity contribution in [3.8, 4) is 16.9 Å². The average molecular weight is 449 g/mol. The number of nitro benzene ring substituents is 1. The lowest BCUT2D eigenvalue weighted by Crippen LogP contribution is -2.43. The van der Waals surface area contributed by atoms with Crippen LogP contribution in [0.2, 0.25) is 0 Å². The van der Waals surface area contributed by atoms with E-state index in [2.05, 4.69) is 15.6 Å². The highest BCUT2D eigenvalue weighted by atomic mass is 16.6. The Kier molecular flexibility index (Phi) is 7.32. The second-order valence-corrected chi connectivity index (χ2v) is 6.67. The van der Waals surface area contributed by atoms with Crippen LogP contribution in [0.3, 0.4) is 0 Å². The van der Waals surface area contributed by atoms with E-state index >= 15 is 0 Å². The van der Waals surface area contributed by atoms with Gasteiger partial charge in [-0.2, -0.15) is 0 Å². The minimum absolute atomic E-state index is 0.177. The highest BCUT2D eigenvalue weighted by Crippen LogP contribution is 2.29. The first kappa shape index (κ1) is 22.9. The Hall–Kier alpha value is -4.73. The van der Waals surface area contributed by atoms with Crippen LogP contribution < -0.4 is 15.6 Å². The van der Waals surface area contributed by atoms with Crippen molar-refractivity contribution in [1.29, 1.82) is 0 Å². The van der Waals surface area contributed by atoms with Crippen LogP contribution in [0.25, 0.3) is 11.1 Å². The monoisotopic (exact) mass is 449 g/mol. The smallest absolute Gasteiger partial charge is 0.338 e. The topological polar surface area (TPSA) is 137 Å². The minimum atomic E-state index is -0.859. The number of hydrazine groups is 1. The molecule has 0 saturated heterocycles. The van der Waals surface area contributed by atoms with Gasteiger partial charge in [0.15, 0.2) is 6.61 Å². The Morgan fingerprint density at radius 2 is 1.58 bits per heavy atom. The molecule has 10 nitrogen and oxygen atoms in total. The Bertz CT molecular complexity index is 1200. The molecule has 3 aromatic rings. The van der Waals surface area contributed by atoms with Crippen LogP contribution in [0, 0.1) is 10.1 Å². The van der Waals surface area contributed by atoms with E-state index in [9.17, 15) is 24.5 Å². The van der Waals surface area contributed by atoms with E-state index in [1.54, 1.807) is 12.1 Å². The second-order valence-electron chi connectivity index (χ2n) is 6.67. The van der Waals surface area contributed by atoms with Crippen molar-refractivity contribution in [2.24, 2.45) is 0 Å². The number of para-hydroxylation sites is 1. The number of hydrogen-bond acceptors (Lipinski definition) is 7. The number of nitrogens with one attached hydrogen (secondary N) is 2. The summed E-state index contributed by atoms with van der Waals surface area (Å²) in [5, 5.41) is 11.1. The van der Waals surface area contributed by atoms with E-state index in [1.807, 2.05) is 42.5 Å². The van der Waals surface area contributed by atoms with Crippen LogP contribution >= 0.6 is 0 Å².